The summed E-state index contributed by atoms with van der Waals surface area (Å²) >= 11 is 0. The van der Waals surface area contributed by atoms with Crippen LogP contribution in [-0.4, -0.2) is 39.2 Å². The summed E-state index contributed by atoms with van der Waals surface area (Å²) < 4.78 is 22.5. The van der Waals surface area contributed by atoms with Crippen molar-refractivity contribution in [3.05, 3.63) is 76.1 Å². The average Bonchev–Trinajstić information content (AvgIpc) is 3.44. The fourth-order valence-corrected chi connectivity index (χ4v) is 6.02. The SMILES string of the molecule is COc1ccc(C2CC(=O)C3=C(C2)NC(C)=C(C(=O)OC2CCCC2)C3c2cc(OC)ccc2OC)cc1. The number of Topliss-reactive ketones (excluding diaryl/α,β-unsaturated/α-hetero) is 1. The molecule has 0 amide bonds. The van der Waals surface area contributed by atoms with Gasteiger partial charge in [-0.05, 0) is 80.8 Å². The summed E-state index contributed by atoms with van der Waals surface area (Å²) in [4.78, 5) is 27.6. The molecule has 2 aliphatic carbocycles. The topological polar surface area (TPSA) is 83.1 Å². The molecule has 1 fully saturated rings. The minimum atomic E-state index is -0.616. The van der Waals surface area contributed by atoms with Gasteiger partial charge in [-0.15, -0.1) is 0 Å². The van der Waals surface area contributed by atoms with E-state index in [4.69, 9.17) is 18.9 Å². The van der Waals surface area contributed by atoms with E-state index >= 15 is 0 Å². The standard InChI is InChI=1S/C31H35NO6/c1-18-28(31(34)38-22-7-5-6-8-22)29(24-17-23(36-3)13-14-27(24)37-4)30-25(32-18)15-20(16-26(30)33)19-9-11-21(35-2)12-10-19/h9-14,17,20,22,29,32H,5-8,15-16H2,1-4H3. The van der Waals surface area contributed by atoms with Gasteiger partial charge in [0, 0.05) is 29.0 Å². The van der Waals surface area contributed by atoms with Crippen molar-refractivity contribution in [2.75, 3.05) is 21.3 Å². The van der Waals surface area contributed by atoms with Crippen molar-refractivity contribution in [2.45, 2.75) is 63.4 Å². The number of nitrogens with one attached hydrogen (secondary N) is 1. The summed E-state index contributed by atoms with van der Waals surface area (Å²) in [7, 11) is 4.83. The van der Waals surface area contributed by atoms with Crippen LogP contribution in [0.5, 0.6) is 17.2 Å². The van der Waals surface area contributed by atoms with Crippen molar-refractivity contribution >= 4 is 11.8 Å². The lowest BCUT2D eigenvalue weighted by Gasteiger charge is -2.37. The third-order valence-electron chi connectivity index (χ3n) is 7.96. The van der Waals surface area contributed by atoms with Crippen molar-refractivity contribution in [3.63, 3.8) is 0 Å². The highest BCUT2D eigenvalue weighted by atomic mass is 16.5. The second-order valence-electron chi connectivity index (χ2n) is 10.2. The lowest BCUT2D eigenvalue weighted by atomic mass is 9.71. The van der Waals surface area contributed by atoms with Crippen LogP contribution in [0.1, 0.15) is 68.4 Å². The molecule has 1 N–H and O–H groups in total. The third kappa shape index (κ3) is 4.89. The molecule has 0 radical (unpaired) electrons. The van der Waals surface area contributed by atoms with Gasteiger partial charge in [0.2, 0.25) is 0 Å². The highest BCUT2D eigenvalue weighted by Crippen LogP contribution is 2.48. The van der Waals surface area contributed by atoms with Gasteiger partial charge < -0.3 is 24.3 Å². The van der Waals surface area contributed by atoms with Gasteiger partial charge >= 0.3 is 5.97 Å². The van der Waals surface area contributed by atoms with Crippen molar-refractivity contribution in [2.24, 2.45) is 0 Å². The lowest BCUT2D eigenvalue weighted by Crippen LogP contribution is -2.36. The number of carbonyl (C=O) groups is 2. The van der Waals surface area contributed by atoms with Crippen LogP contribution in [0.15, 0.2) is 65.0 Å². The number of hydrogen-bond acceptors (Lipinski definition) is 7. The number of benzene rings is 2. The third-order valence-corrected chi connectivity index (χ3v) is 7.96. The molecule has 2 aromatic rings. The Balaban J connectivity index is 1.58. The molecule has 1 heterocycles. The summed E-state index contributed by atoms with van der Waals surface area (Å²) in [5, 5.41) is 3.43. The van der Waals surface area contributed by atoms with Crippen LogP contribution in [0.25, 0.3) is 0 Å². The van der Waals surface area contributed by atoms with E-state index in [0.29, 0.717) is 41.2 Å². The molecule has 1 aliphatic heterocycles. The van der Waals surface area contributed by atoms with Crippen LogP contribution >= 0.6 is 0 Å². The maximum absolute atomic E-state index is 13.9. The molecular formula is C31H35NO6. The fraction of sp³-hybridized carbons (Fsp3) is 0.419. The summed E-state index contributed by atoms with van der Waals surface area (Å²) in [5.74, 6) is 1.03. The molecule has 2 atom stereocenters. The van der Waals surface area contributed by atoms with E-state index in [1.807, 2.05) is 49.4 Å². The largest absolute Gasteiger partial charge is 0.497 e. The number of hydrogen-bond donors (Lipinski definition) is 1. The Labute approximate surface area is 223 Å². The number of allylic oxidation sites excluding steroid dienone is 3. The second-order valence-corrected chi connectivity index (χ2v) is 10.2. The van der Waals surface area contributed by atoms with Gasteiger partial charge in [0.25, 0.3) is 0 Å². The first-order chi connectivity index (χ1) is 18.4. The zero-order valence-corrected chi connectivity index (χ0v) is 22.5. The Kier molecular flexibility index (Phi) is 7.45. The van der Waals surface area contributed by atoms with Gasteiger partial charge in [0.05, 0.1) is 32.8 Å². The minimum absolute atomic E-state index is 0.00751. The zero-order valence-electron chi connectivity index (χ0n) is 22.5. The molecule has 1 saturated carbocycles. The van der Waals surface area contributed by atoms with Crippen LogP contribution in [0.3, 0.4) is 0 Å². The van der Waals surface area contributed by atoms with E-state index in [1.165, 1.54) is 0 Å². The summed E-state index contributed by atoms with van der Waals surface area (Å²) in [6.45, 7) is 1.89. The van der Waals surface area contributed by atoms with E-state index < -0.39 is 5.92 Å². The maximum atomic E-state index is 13.9. The van der Waals surface area contributed by atoms with Gasteiger partial charge in [-0.25, -0.2) is 4.79 Å². The average molecular weight is 518 g/mol. The molecule has 2 aromatic carbocycles. The van der Waals surface area contributed by atoms with Crippen molar-refractivity contribution < 1.29 is 28.5 Å². The van der Waals surface area contributed by atoms with Crippen LogP contribution in [0.4, 0.5) is 0 Å². The smallest absolute Gasteiger partial charge is 0.337 e. The molecule has 3 aliphatic rings. The number of carbonyl (C=O) groups excluding carboxylic acids is 2. The van der Waals surface area contributed by atoms with Crippen molar-refractivity contribution in [3.8, 4) is 17.2 Å². The van der Waals surface area contributed by atoms with Crippen molar-refractivity contribution in [1.29, 1.82) is 0 Å². The van der Waals surface area contributed by atoms with Crippen LogP contribution in [0, 0.1) is 0 Å². The van der Waals surface area contributed by atoms with Gasteiger partial charge in [-0.2, -0.15) is 0 Å². The van der Waals surface area contributed by atoms with Gasteiger partial charge in [-0.1, -0.05) is 12.1 Å². The molecule has 0 aromatic heterocycles. The Hall–Kier alpha value is -3.74. The Bertz CT molecular complexity index is 1290. The molecule has 7 heteroatoms. The van der Waals surface area contributed by atoms with E-state index in [0.717, 1.165) is 48.3 Å². The molecule has 38 heavy (non-hydrogen) atoms. The normalized spacial score (nSPS) is 21.6. The number of methoxy groups -OCH3 is 3. The first-order valence-corrected chi connectivity index (χ1v) is 13.2. The molecule has 7 nitrogen and oxygen atoms in total. The number of ether oxygens (including phenoxy) is 4. The maximum Gasteiger partial charge on any atom is 0.337 e. The van der Waals surface area contributed by atoms with E-state index in [2.05, 4.69) is 5.32 Å². The Morgan fingerprint density at radius 2 is 1.58 bits per heavy atom. The number of rotatable bonds is 7. The van der Waals surface area contributed by atoms with Crippen molar-refractivity contribution in [1.82, 2.24) is 5.32 Å². The highest BCUT2D eigenvalue weighted by molar-refractivity contribution is 6.04. The number of ketones is 1. The predicted octanol–water partition coefficient (Wildman–Crippen LogP) is 5.56. The highest BCUT2D eigenvalue weighted by Gasteiger charge is 2.43. The van der Waals surface area contributed by atoms with Gasteiger partial charge in [0.1, 0.15) is 23.4 Å². The Morgan fingerprint density at radius 3 is 2.24 bits per heavy atom. The Morgan fingerprint density at radius 1 is 0.895 bits per heavy atom. The first kappa shape index (κ1) is 25.9. The van der Waals surface area contributed by atoms with Crippen LogP contribution in [-0.2, 0) is 14.3 Å². The molecule has 0 bridgehead atoms. The second kappa shape index (κ2) is 10.9. The summed E-state index contributed by atoms with van der Waals surface area (Å²) in [6.07, 6.45) is 4.76. The monoisotopic (exact) mass is 517 g/mol. The molecule has 0 saturated heterocycles. The zero-order chi connectivity index (χ0) is 26.8. The molecule has 0 spiro atoms. The summed E-state index contributed by atoms with van der Waals surface area (Å²) in [5.41, 5.74) is 4.39. The molecule has 2 unspecified atom stereocenters. The number of dihydropyridines is 1. The van der Waals surface area contributed by atoms with E-state index in [1.54, 1.807) is 21.3 Å². The summed E-state index contributed by atoms with van der Waals surface area (Å²) in [6, 6.07) is 13.4. The molecule has 200 valence electrons. The minimum Gasteiger partial charge on any atom is -0.497 e. The van der Waals surface area contributed by atoms with Crippen LogP contribution < -0.4 is 19.5 Å². The predicted molar refractivity (Wildman–Crippen MR) is 143 cm³/mol. The quantitative estimate of drug-likeness (QED) is 0.482. The first-order valence-electron chi connectivity index (χ1n) is 13.2. The van der Waals surface area contributed by atoms with E-state index in [-0.39, 0.29) is 23.8 Å². The van der Waals surface area contributed by atoms with E-state index in [9.17, 15) is 9.59 Å². The molecule has 5 rings (SSSR count). The van der Waals surface area contributed by atoms with Crippen LogP contribution in [0.2, 0.25) is 0 Å². The lowest BCUT2D eigenvalue weighted by molar-refractivity contribution is -0.144. The number of esters is 1. The molecular weight excluding hydrogens is 482 g/mol. The van der Waals surface area contributed by atoms with Gasteiger partial charge in [0.15, 0.2) is 5.78 Å². The fourth-order valence-electron chi connectivity index (χ4n) is 6.02. The van der Waals surface area contributed by atoms with Gasteiger partial charge in [-0.3, -0.25) is 4.79 Å².